The van der Waals surface area contributed by atoms with E-state index in [1.165, 1.54) is 7.11 Å². The molecule has 0 aliphatic carbocycles. The monoisotopic (exact) mass is 361 g/mol. The first-order valence-corrected chi connectivity index (χ1v) is 7.87. The van der Waals surface area contributed by atoms with Gasteiger partial charge in [-0.2, -0.15) is 0 Å². The predicted molar refractivity (Wildman–Crippen MR) is 95.5 cm³/mol. The number of nitrogens with one attached hydrogen (secondary N) is 1. The molecule has 122 valence electrons. The number of fused-ring (bicyclic) bond motifs is 1. The Bertz CT molecular complexity index is 915. The highest BCUT2D eigenvalue weighted by atomic mass is 35.5. The fourth-order valence-corrected chi connectivity index (χ4v) is 2.50. The van der Waals surface area contributed by atoms with Crippen molar-refractivity contribution in [3.05, 3.63) is 52.5 Å². The van der Waals surface area contributed by atoms with Crippen LogP contribution in [0.25, 0.3) is 22.3 Å². The van der Waals surface area contributed by atoms with Gasteiger partial charge in [-0.15, -0.1) is 0 Å². The van der Waals surface area contributed by atoms with Crippen molar-refractivity contribution in [1.29, 1.82) is 0 Å². The van der Waals surface area contributed by atoms with E-state index in [4.69, 9.17) is 23.2 Å². The quantitative estimate of drug-likeness (QED) is 0.705. The standard InChI is InChI=1S/C17H13Cl2N3O2/c1-24-15(23)9-20-17-11-4-2-3-5-14(11)21-16(22-17)10-6-7-12(18)13(19)8-10/h2-8H,9H2,1H3,(H,20,21,22). The summed E-state index contributed by atoms with van der Waals surface area (Å²) in [7, 11) is 1.34. The Morgan fingerprint density at radius 1 is 1.12 bits per heavy atom. The molecule has 1 heterocycles. The predicted octanol–water partition coefficient (Wildman–Crippen LogP) is 4.19. The van der Waals surface area contributed by atoms with E-state index in [0.29, 0.717) is 21.7 Å². The van der Waals surface area contributed by atoms with Gasteiger partial charge in [-0.25, -0.2) is 9.97 Å². The van der Waals surface area contributed by atoms with Crippen LogP contribution in [0.2, 0.25) is 10.0 Å². The number of anilines is 1. The summed E-state index contributed by atoms with van der Waals surface area (Å²) >= 11 is 12.0. The molecule has 0 fully saturated rings. The molecule has 0 atom stereocenters. The zero-order chi connectivity index (χ0) is 17.1. The highest BCUT2D eigenvalue weighted by Gasteiger charge is 2.11. The first-order chi connectivity index (χ1) is 11.6. The minimum Gasteiger partial charge on any atom is -0.468 e. The van der Waals surface area contributed by atoms with Crippen molar-refractivity contribution in [2.24, 2.45) is 0 Å². The van der Waals surface area contributed by atoms with Gasteiger partial charge in [-0.05, 0) is 30.3 Å². The highest BCUT2D eigenvalue weighted by molar-refractivity contribution is 6.42. The van der Waals surface area contributed by atoms with Gasteiger partial charge < -0.3 is 10.1 Å². The molecule has 0 spiro atoms. The van der Waals surface area contributed by atoms with Crippen LogP contribution in [-0.4, -0.2) is 29.6 Å². The van der Waals surface area contributed by atoms with Crippen LogP contribution in [0.15, 0.2) is 42.5 Å². The van der Waals surface area contributed by atoms with Crippen LogP contribution in [0.4, 0.5) is 5.82 Å². The third kappa shape index (κ3) is 3.42. The molecule has 0 saturated heterocycles. The Morgan fingerprint density at radius 3 is 2.67 bits per heavy atom. The van der Waals surface area contributed by atoms with E-state index in [1.807, 2.05) is 24.3 Å². The molecule has 1 N–H and O–H groups in total. The summed E-state index contributed by atoms with van der Waals surface area (Å²) in [4.78, 5) is 20.5. The third-order valence-electron chi connectivity index (χ3n) is 3.41. The molecule has 0 unspecified atom stereocenters. The Morgan fingerprint density at radius 2 is 1.92 bits per heavy atom. The lowest BCUT2D eigenvalue weighted by atomic mass is 10.2. The second-order valence-corrected chi connectivity index (χ2v) is 5.79. The minimum absolute atomic E-state index is 0.0122. The van der Waals surface area contributed by atoms with E-state index >= 15 is 0 Å². The van der Waals surface area contributed by atoms with Crippen LogP contribution in [0, 0.1) is 0 Å². The number of hydrogen-bond donors (Lipinski definition) is 1. The number of para-hydroxylation sites is 1. The van der Waals surface area contributed by atoms with Gasteiger partial charge in [0.2, 0.25) is 0 Å². The van der Waals surface area contributed by atoms with Crippen molar-refractivity contribution < 1.29 is 9.53 Å². The lowest BCUT2D eigenvalue weighted by molar-refractivity contribution is -0.138. The van der Waals surface area contributed by atoms with Crippen molar-refractivity contribution in [3.8, 4) is 11.4 Å². The van der Waals surface area contributed by atoms with Crippen molar-refractivity contribution in [1.82, 2.24) is 9.97 Å². The number of ether oxygens (including phenoxy) is 1. The van der Waals surface area contributed by atoms with E-state index in [-0.39, 0.29) is 12.5 Å². The summed E-state index contributed by atoms with van der Waals surface area (Å²) in [5.41, 5.74) is 1.48. The number of carbonyl (C=O) groups excluding carboxylic acids is 1. The van der Waals surface area contributed by atoms with Crippen molar-refractivity contribution in [2.75, 3.05) is 19.0 Å². The van der Waals surface area contributed by atoms with Crippen molar-refractivity contribution in [2.45, 2.75) is 0 Å². The number of aromatic nitrogens is 2. The van der Waals surface area contributed by atoms with E-state index in [9.17, 15) is 4.79 Å². The van der Waals surface area contributed by atoms with Crippen LogP contribution in [0.3, 0.4) is 0 Å². The van der Waals surface area contributed by atoms with Gasteiger partial charge >= 0.3 is 5.97 Å². The number of nitrogens with zero attached hydrogens (tertiary/aromatic N) is 2. The van der Waals surface area contributed by atoms with Crippen LogP contribution < -0.4 is 5.32 Å². The van der Waals surface area contributed by atoms with Gasteiger partial charge in [0.15, 0.2) is 5.82 Å². The fourth-order valence-electron chi connectivity index (χ4n) is 2.20. The van der Waals surface area contributed by atoms with Crippen LogP contribution in [-0.2, 0) is 9.53 Å². The SMILES string of the molecule is COC(=O)CNc1nc(-c2ccc(Cl)c(Cl)c2)nc2ccccc12. The molecule has 7 heteroatoms. The first kappa shape index (κ1) is 16.5. The van der Waals surface area contributed by atoms with E-state index < -0.39 is 0 Å². The Kier molecular flexibility index (Phi) is 4.83. The maximum Gasteiger partial charge on any atom is 0.325 e. The Balaban J connectivity index is 2.08. The molecular weight excluding hydrogens is 349 g/mol. The second-order valence-electron chi connectivity index (χ2n) is 4.97. The molecule has 5 nitrogen and oxygen atoms in total. The number of rotatable bonds is 4. The topological polar surface area (TPSA) is 64.1 Å². The van der Waals surface area contributed by atoms with E-state index in [0.717, 1.165) is 16.5 Å². The molecule has 1 aromatic heterocycles. The molecule has 0 bridgehead atoms. The zero-order valence-electron chi connectivity index (χ0n) is 12.7. The molecule has 0 aliphatic heterocycles. The van der Waals surface area contributed by atoms with Gasteiger partial charge in [0.25, 0.3) is 0 Å². The highest BCUT2D eigenvalue weighted by Crippen LogP contribution is 2.29. The Labute approximate surface area is 148 Å². The van der Waals surface area contributed by atoms with Crippen LogP contribution >= 0.6 is 23.2 Å². The first-order valence-electron chi connectivity index (χ1n) is 7.11. The zero-order valence-corrected chi connectivity index (χ0v) is 14.2. The van der Waals surface area contributed by atoms with Crippen LogP contribution in [0.5, 0.6) is 0 Å². The number of carbonyl (C=O) groups is 1. The maximum absolute atomic E-state index is 11.4. The van der Waals surface area contributed by atoms with Crippen LogP contribution in [0.1, 0.15) is 0 Å². The number of benzene rings is 2. The summed E-state index contributed by atoms with van der Waals surface area (Å²) in [5, 5.41) is 4.69. The molecular formula is C17H13Cl2N3O2. The van der Waals surface area contributed by atoms with Gasteiger partial charge in [0.1, 0.15) is 12.4 Å². The number of hydrogen-bond acceptors (Lipinski definition) is 5. The number of halogens is 2. The molecule has 0 amide bonds. The average molecular weight is 362 g/mol. The number of methoxy groups -OCH3 is 1. The van der Waals surface area contributed by atoms with Gasteiger partial charge in [-0.3, -0.25) is 4.79 Å². The van der Waals surface area contributed by atoms with Gasteiger partial charge in [0, 0.05) is 10.9 Å². The Hall–Kier alpha value is -2.37. The van der Waals surface area contributed by atoms with Crippen molar-refractivity contribution in [3.63, 3.8) is 0 Å². The largest absolute Gasteiger partial charge is 0.468 e. The molecule has 24 heavy (non-hydrogen) atoms. The fraction of sp³-hybridized carbons (Fsp3) is 0.118. The second kappa shape index (κ2) is 7.03. The molecule has 0 radical (unpaired) electrons. The normalized spacial score (nSPS) is 10.6. The molecule has 2 aromatic carbocycles. The van der Waals surface area contributed by atoms with Gasteiger partial charge in [0.05, 0.1) is 22.7 Å². The summed E-state index contributed by atoms with van der Waals surface area (Å²) in [6.45, 7) is 0.0122. The van der Waals surface area contributed by atoms with Crippen molar-refractivity contribution >= 4 is 45.9 Å². The summed E-state index contributed by atoms with van der Waals surface area (Å²) in [6.07, 6.45) is 0. The molecule has 3 rings (SSSR count). The lowest BCUT2D eigenvalue weighted by Crippen LogP contribution is -2.16. The summed E-state index contributed by atoms with van der Waals surface area (Å²) < 4.78 is 4.65. The molecule has 0 saturated carbocycles. The van der Waals surface area contributed by atoms with E-state index in [2.05, 4.69) is 20.0 Å². The molecule has 0 aliphatic rings. The third-order valence-corrected chi connectivity index (χ3v) is 4.15. The molecule has 3 aromatic rings. The lowest BCUT2D eigenvalue weighted by Gasteiger charge is -2.10. The number of esters is 1. The minimum atomic E-state index is -0.381. The smallest absolute Gasteiger partial charge is 0.325 e. The maximum atomic E-state index is 11.4. The average Bonchev–Trinajstić information content (AvgIpc) is 2.61. The van der Waals surface area contributed by atoms with Gasteiger partial charge in [-0.1, -0.05) is 35.3 Å². The summed E-state index contributed by atoms with van der Waals surface area (Å²) in [6, 6.07) is 12.7. The summed E-state index contributed by atoms with van der Waals surface area (Å²) in [5.74, 6) is 0.653. The van der Waals surface area contributed by atoms with E-state index in [1.54, 1.807) is 18.2 Å².